The predicted octanol–water partition coefficient (Wildman–Crippen LogP) is 2.59. The van der Waals surface area contributed by atoms with E-state index in [0.717, 1.165) is 17.9 Å². The molecule has 0 radical (unpaired) electrons. The van der Waals surface area contributed by atoms with Gasteiger partial charge in [-0.2, -0.15) is 11.8 Å². The fourth-order valence-corrected chi connectivity index (χ4v) is 2.93. The lowest BCUT2D eigenvalue weighted by Crippen LogP contribution is -2.43. The number of carbonyl (C=O) groups is 1. The quantitative estimate of drug-likeness (QED) is 0.537. The van der Waals surface area contributed by atoms with Crippen molar-refractivity contribution in [3.05, 3.63) is 0 Å². The summed E-state index contributed by atoms with van der Waals surface area (Å²) >= 11 is 1.88. The van der Waals surface area contributed by atoms with Gasteiger partial charge in [-0.25, -0.2) is 0 Å². The maximum Gasteiger partial charge on any atom is 0.323 e. The molecule has 1 unspecified atom stereocenters. The summed E-state index contributed by atoms with van der Waals surface area (Å²) in [6.45, 7) is 4.49. The molecule has 3 nitrogen and oxygen atoms in total. The monoisotopic (exact) mass is 259 g/mol. The first-order chi connectivity index (χ1) is 8.27. The van der Waals surface area contributed by atoms with E-state index in [9.17, 15) is 4.79 Å². The van der Waals surface area contributed by atoms with Crippen LogP contribution >= 0.6 is 11.8 Å². The molecule has 1 fully saturated rings. The average Bonchev–Trinajstić information content (AvgIpc) is 2.81. The van der Waals surface area contributed by atoms with E-state index in [2.05, 4.69) is 12.2 Å². The molecule has 0 aliphatic heterocycles. The van der Waals surface area contributed by atoms with Crippen molar-refractivity contribution in [2.45, 2.75) is 58.0 Å². The normalized spacial score (nSPS) is 18.2. The molecule has 1 aliphatic carbocycles. The molecule has 0 saturated heterocycles. The van der Waals surface area contributed by atoms with Crippen molar-refractivity contribution >= 4 is 17.7 Å². The molecule has 0 bridgehead atoms. The second-order valence-corrected chi connectivity index (χ2v) is 5.83. The van der Waals surface area contributed by atoms with E-state index in [0.29, 0.717) is 12.6 Å². The molecule has 0 amide bonds. The Kier molecular flexibility index (Phi) is 7.69. The van der Waals surface area contributed by atoms with Gasteiger partial charge in [0.05, 0.1) is 6.61 Å². The molecule has 1 N–H and O–H groups in total. The standard InChI is InChI=1S/C13H25NO2S/c1-3-16-13(15)12(9-10-17-4-2)14-11-7-5-6-8-11/h11-12,14H,3-10H2,1-2H3. The van der Waals surface area contributed by atoms with Crippen LogP contribution < -0.4 is 5.32 Å². The Labute approximate surface area is 109 Å². The van der Waals surface area contributed by atoms with Gasteiger partial charge in [-0.15, -0.1) is 0 Å². The van der Waals surface area contributed by atoms with E-state index >= 15 is 0 Å². The summed E-state index contributed by atoms with van der Waals surface area (Å²) in [5.74, 6) is 2.06. The topological polar surface area (TPSA) is 38.3 Å². The van der Waals surface area contributed by atoms with Crippen LogP contribution in [0.5, 0.6) is 0 Å². The minimum absolute atomic E-state index is 0.0731. The lowest BCUT2D eigenvalue weighted by Gasteiger charge is -2.21. The third-order valence-electron chi connectivity index (χ3n) is 3.12. The molecule has 0 spiro atoms. The zero-order chi connectivity index (χ0) is 12.5. The number of hydrogen-bond donors (Lipinski definition) is 1. The van der Waals surface area contributed by atoms with Gasteiger partial charge < -0.3 is 10.1 Å². The van der Waals surface area contributed by atoms with Crippen LogP contribution in [-0.2, 0) is 9.53 Å². The molecule has 0 aromatic rings. The zero-order valence-electron chi connectivity index (χ0n) is 11.0. The van der Waals surface area contributed by atoms with Gasteiger partial charge in [0.15, 0.2) is 0 Å². The Morgan fingerprint density at radius 2 is 2.12 bits per heavy atom. The van der Waals surface area contributed by atoms with Crippen molar-refractivity contribution in [3.8, 4) is 0 Å². The first-order valence-electron chi connectivity index (χ1n) is 6.78. The third kappa shape index (κ3) is 5.77. The highest BCUT2D eigenvalue weighted by Gasteiger charge is 2.24. The van der Waals surface area contributed by atoms with Crippen LogP contribution in [0.4, 0.5) is 0 Å². The summed E-state index contributed by atoms with van der Waals surface area (Å²) in [5, 5.41) is 3.47. The summed E-state index contributed by atoms with van der Waals surface area (Å²) in [7, 11) is 0. The van der Waals surface area contributed by atoms with Gasteiger partial charge in [-0.3, -0.25) is 4.79 Å². The van der Waals surface area contributed by atoms with Crippen LogP contribution in [0.3, 0.4) is 0 Å². The molecule has 1 rings (SSSR count). The Balaban J connectivity index is 2.36. The van der Waals surface area contributed by atoms with E-state index in [-0.39, 0.29) is 12.0 Å². The van der Waals surface area contributed by atoms with E-state index in [1.54, 1.807) is 0 Å². The predicted molar refractivity (Wildman–Crippen MR) is 73.4 cm³/mol. The molecule has 1 atom stereocenters. The Morgan fingerprint density at radius 1 is 1.41 bits per heavy atom. The number of carbonyl (C=O) groups excluding carboxylic acids is 1. The van der Waals surface area contributed by atoms with Gasteiger partial charge in [0.2, 0.25) is 0 Å². The van der Waals surface area contributed by atoms with Crippen LogP contribution in [0.2, 0.25) is 0 Å². The van der Waals surface area contributed by atoms with E-state index in [1.807, 2.05) is 18.7 Å². The SMILES string of the molecule is CCOC(=O)C(CCSCC)NC1CCCC1. The first kappa shape index (κ1) is 14.8. The third-order valence-corrected chi connectivity index (χ3v) is 4.05. The minimum Gasteiger partial charge on any atom is -0.465 e. The number of thioether (sulfide) groups is 1. The van der Waals surface area contributed by atoms with Crippen molar-refractivity contribution in [1.82, 2.24) is 5.32 Å². The molecule has 1 saturated carbocycles. The van der Waals surface area contributed by atoms with E-state index in [1.165, 1.54) is 25.7 Å². The van der Waals surface area contributed by atoms with E-state index in [4.69, 9.17) is 4.74 Å². The average molecular weight is 259 g/mol. The van der Waals surface area contributed by atoms with Crippen LogP contribution in [0.25, 0.3) is 0 Å². The highest BCUT2D eigenvalue weighted by Crippen LogP contribution is 2.19. The minimum atomic E-state index is -0.0999. The summed E-state index contributed by atoms with van der Waals surface area (Å²) in [6, 6.07) is 0.424. The van der Waals surface area contributed by atoms with Gasteiger partial charge >= 0.3 is 5.97 Å². The van der Waals surface area contributed by atoms with Crippen LogP contribution in [0.1, 0.15) is 46.0 Å². The van der Waals surface area contributed by atoms with Crippen LogP contribution in [0, 0.1) is 0 Å². The number of esters is 1. The molecular formula is C13H25NO2S. The molecule has 100 valence electrons. The smallest absolute Gasteiger partial charge is 0.323 e. The van der Waals surface area contributed by atoms with Crippen molar-refractivity contribution in [1.29, 1.82) is 0 Å². The Hall–Kier alpha value is -0.220. The molecule has 0 heterocycles. The molecule has 0 aromatic heterocycles. The van der Waals surface area contributed by atoms with Gasteiger partial charge in [-0.05, 0) is 37.7 Å². The van der Waals surface area contributed by atoms with Crippen molar-refractivity contribution in [2.75, 3.05) is 18.1 Å². The fraction of sp³-hybridized carbons (Fsp3) is 0.923. The first-order valence-corrected chi connectivity index (χ1v) is 7.93. The van der Waals surface area contributed by atoms with E-state index < -0.39 is 0 Å². The number of hydrogen-bond acceptors (Lipinski definition) is 4. The second kappa shape index (κ2) is 8.81. The van der Waals surface area contributed by atoms with Gasteiger partial charge in [0.25, 0.3) is 0 Å². The molecule has 4 heteroatoms. The Morgan fingerprint density at radius 3 is 2.71 bits per heavy atom. The molecule has 17 heavy (non-hydrogen) atoms. The van der Waals surface area contributed by atoms with Gasteiger partial charge in [0.1, 0.15) is 6.04 Å². The molecular weight excluding hydrogens is 234 g/mol. The van der Waals surface area contributed by atoms with Crippen molar-refractivity contribution in [2.24, 2.45) is 0 Å². The van der Waals surface area contributed by atoms with Crippen molar-refractivity contribution in [3.63, 3.8) is 0 Å². The number of ether oxygens (including phenoxy) is 1. The maximum absolute atomic E-state index is 11.8. The summed E-state index contributed by atoms with van der Waals surface area (Å²) in [5.41, 5.74) is 0. The largest absolute Gasteiger partial charge is 0.465 e. The lowest BCUT2D eigenvalue weighted by molar-refractivity contribution is -0.145. The van der Waals surface area contributed by atoms with Gasteiger partial charge in [-0.1, -0.05) is 19.8 Å². The summed E-state index contributed by atoms with van der Waals surface area (Å²) in [6.07, 6.45) is 5.87. The highest BCUT2D eigenvalue weighted by molar-refractivity contribution is 7.99. The fourth-order valence-electron chi connectivity index (χ4n) is 2.23. The zero-order valence-corrected chi connectivity index (χ0v) is 11.9. The Bertz CT molecular complexity index is 217. The highest BCUT2D eigenvalue weighted by atomic mass is 32.2. The summed E-state index contributed by atoms with van der Waals surface area (Å²) < 4.78 is 5.13. The number of nitrogens with one attached hydrogen (secondary N) is 1. The number of rotatable bonds is 8. The lowest BCUT2D eigenvalue weighted by atomic mass is 10.1. The summed E-state index contributed by atoms with van der Waals surface area (Å²) in [4.78, 5) is 11.8. The second-order valence-electron chi connectivity index (χ2n) is 4.44. The molecule has 0 aromatic carbocycles. The maximum atomic E-state index is 11.8. The van der Waals surface area contributed by atoms with Crippen molar-refractivity contribution < 1.29 is 9.53 Å². The van der Waals surface area contributed by atoms with Crippen LogP contribution in [-0.4, -0.2) is 36.2 Å². The van der Waals surface area contributed by atoms with Gasteiger partial charge in [0, 0.05) is 6.04 Å². The van der Waals surface area contributed by atoms with Crippen LogP contribution in [0.15, 0.2) is 0 Å². The molecule has 1 aliphatic rings.